The maximum absolute atomic E-state index is 11.5. The first-order chi connectivity index (χ1) is 15.0. The molecule has 0 bridgehead atoms. The summed E-state index contributed by atoms with van der Waals surface area (Å²) in [5.41, 5.74) is -0.700. The molecule has 1 aliphatic heterocycles. The van der Waals surface area contributed by atoms with Gasteiger partial charge in [0.15, 0.2) is 0 Å². The second-order valence-electron chi connectivity index (χ2n) is 7.53. The van der Waals surface area contributed by atoms with Crippen LogP contribution in [0, 0.1) is 5.92 Å². The van der Waals surface area contributed by atoms with E-state index in [0.29, 0.717) is 25.3 Å². The van der Waals surface area contributed by atoms with Crippen LogP contribution in [0.15, 0.2) is 12.2 Å². The Morgan fingerprint density at radius 1 is 1.00 bits per heavy atom. The number of carbonyl (C=O) groups is 4. The van der Waals surface area contributed by atoms with Gasteiger partial charge in [-0.25, -0.2) is 0 Å². The van der Waals surface area contributed by atoms with E-state index in [-0.39, 0.29) is 38.0 Å². The number of nitrogens with zero attached hydrogens (tertiary/aromatic N) is 1. The highest BCUT2D eigenvalue weighted by Crippen LogP contribution is 2.05. The van der Waals surface area contributed by atoms with Crippen molar-refractivity contribution in [3.05, 3.63) is 12.2 Å². The summed E-state index contributed by atoms with van der Waals surface area (Å²) in [6.07, 6.45) is 3.60. The van der Waals surface area contributed by atoms with E-state index in [4.69, 9.17) is 10.2 Å². The predicted octanol–water partition coefficient (Wildman–Crippen LogP) is 1.77. The standard InChI is InChI=1S/C11H16N2O4.C8H17NO2.2C2H6/c1-11(2,7-14)12-8(15)5-6-13-9(16)3-4-10(13)17;1-7(2)6-8(11)9-4-3-5-10;2*1-2/h3-4,14H,5-7H2,1-2H3,(H,12,15);7,10H,3-6H2,1-2H3,(H,9,11);2*1-2H3. The van der Waals surface area contributed by atoms with E-state index in [1.165, 1.54) is 12.2 Å². The van der Waals surface area contributed by atoms with Crippen LogP contribution in [0.3, 0.4) is 0 Å². The molecule has 0 saturated heterocycles. The number of amides is 4. The average molecular weight is 460 g/mol. The molecule has 4 amide bonds. The molecule has 0 spiro atoms. The van der Waals surface area contributed by atoms with E-state index < -0.39 is 17.4 Å². The Hall–Kier alpha value is -2.26. The van der Waals surface area contributed by atoms with Gasteiger partial charge < -0.3 is 20.8 Å². The molecular weight excluding hydrogens is 414 g/mol. The Labute approximate surface area is 193 Å². The molecule has 0 radical (unpaired) electrons. The molecule has 0 unspecified atom stereocenters. The van der Waals surface area contributed by atoms with Crippen molar-refractivity contribution in [1.29, 1.82) is 0 Å². The van der Waals surface area contributed by atoms with Crippen molar-refractivity contribution >= 4 is 23.6 Å². The Kier molecular flexibility index (Phi) is 22.2. The number of carbonyl (C=O) groups excluding carboxylic acids is 4. The fourth-order valence-electron chi connectivity index (χ4n) is 2.09. The quantitative estimate of drug-likeness (QED) is 0.290. The van der Waals surface area contributed by atoms with Crippen LogP contribution >= 0.6 is 0 Å². The number of nitrogens with one attached hydrogen (secondary N) is 2. The lowest BCUT2D eigenvalue weighted by Crippen LogP contribution is -2.47. The van der Waals surface area contributed by atoms with Crippen molar-refractivity contribution in [2.45, 2.75) is 80.2 Å². The monoisotopic (exact) mass is 459 g/mol. The molecule has 9 heteroatoms. The first-order valence-corrected chi connectivity index (χ1v) is 11.4. The third-order valence-electron chi connectivity index (χ3n) is 3.59. The van der Waals surface area contributed by atoms with Crippen LogP contribution in [0.5, 0.6) is 0 Å². The van der Waals surface area contributed by atoms with E-state index in [1.807, 2.05) is 41.5 Å². The van der Waals surface area contributed by atoms with Crippen LogP contribution in [0.4, 0.5) is 0 Å². The lowest BCUT2D eigenvalue weighted by Gasteiger charge is -2.24. The van der Waals surface area contributed by atoms with Gasteiger partial charge in [0.05, 0.1) is 12.1 Å². The van der Waals surface area contributed by atoms with E-state index >= 15 is 0 Å². The summed E-state index contributed by atoms with van der Waals surface area (Å²) in [6, 6.07) is 0. The second-order valence-corrected chi connectivity index (χ2v) is 7.53. The molecule has 1 rings (SSSR count). The molecule has 9 nitrogen and oxygen atoms in total. The Morgan fingerprint density at radius 3 is 1.91 bits per heavy atom. The van der Waals surface area contributed by atoms with Gasteiger partial charge in [-0.1, -0.05) is 41.5 Å². The molecule has 0 atom stereocenters. The number of aliphatic hydroxyl groups is 2. The molecule has 0 aromatic rings. The molecule has 1 heterocycles. The summed E-state index contributed by atoms with van der Waals surface area (Å²) in [4.78, 5) is 45.8. The average Bonchev–Trinajstić information content (AvgIpc) is 3.07. The van der Waals surface area contributed by atoms with Gasteiger partial charge in [0.1, 0.15) is 0 Å². The van der Waals surface area contributed by atoms with Crippen LogP contribution < -0.4 is 10.6 Å². The van der Waals surface area contributed by atoms with E-state index in [0.717, 1.165) is 4.90 Å². The van der Waals surface area contributed by atoms with Gasteiger partial charge in [-0.15, -0.1) is 0 Å². The lowest BCUT2D eigenvalue weighted by atomic mass is 10.1. The van der Waals surface area contributed by atoms with Gasteiger partial charge in [0, 0.05) is 44.7 Å². The molecule has 0 aromatic heterocycles. The van der Waals surface area contributed by atoms with E-state index in [1.54, 1.807) is 13.8 Å². The van der Waals surface area contributed by atoms with Gasteiger partial charge in [-0.05, 0) is 26.2 Å². The molecule has 4 N–H and O–H groups in total. The van der Waals surface area contributed by atoms with Crippen molar-refractivity contribution in [2.75, 3.05) is 26.3 Å². The van der Waals surface area contributed by atoms with Crippen LogP contribution in [-0.2, 0) is 19.2 Å². The smallest absolute Gasteiger partial charge is 0.253 e. The summed E-state index contributed by atoms with van der Waals surface area (Å²) in [6.45, 7) is 16.0. The lowest BCUT2D eigenvalue weighted by molar-refractivity contribution is -0.137. The van der Waals surface area contributed by atoms with Crippen LogP contribution in [0.2, 0.25) is 0 Å². The van der Waals surface area contributed by atoms with Gasteiger partial charge in [0.25, 0.3) is 11.8 Å². The maximum atomic E-state index is 11.5. The van der Waals surface area contributed by atoms with Gasteiger partial charge >= 0.3 is 0 Å². The predicted molar refractivity (Wildman–Crippen MR) is 127 cm³/mol. The summed E-state index contributed by atoms with van der Waals surface area (Å²) in [5, 5.41) is 22.7. The van der Waals surface area contributed by atoms with Gasteiger partial charge in [0.2, 0.25) is 11.8 Å². The molecule has 0 aromatic carbocycles. The Balaban J connectivity index is -0.000000486. The largest absolute Gasteiger partial charge is 0.396 e. The number of rotatable bonds is 10. The molecule has 0 saturated carbocycles. The first-order valence-electron chi connectivity index (χ1n) is 11.4. The van der Waals surface area contributed by atoms with E-state index in [2.05, 4.69) is 10.6 Å². The third kappa shape index (κ3) is 18.5. The summed E-state index contributed by atoms with van der Waals surface area (Å²) < 4.78 is 0. The molecule has 1 aliphatic rings. The molecule has 188 valence electrons. The van der Waals surface area contributed by atoms with Gasteiger partial charge in [-0.2, -0.15) is 0 Å². The molecular formula is C23H45N3O6. The Bertz CT molecular complexity index is 556. The molecule has 0 fully saturated rings. The van der Waals surface area contributed by atoms with Crippen molar-refractivity contribution < 1.29 is 29.4 Å². The minimum Gasteiger partial charge on any atom is -0.396 e. The van der Waals surface area contributed by atoms with Crippen LogP contribution in [0.1, 0.15) is 74.7 Å². The highest BCUT2D eigenvalue weighted by molar-refractivity contribution is 6.13. The minimum atomic E-state index is -0.700. The van der Waals surface area contributed by atoms with Gasteiger partial charge in [-0.3, -0.25) is 24.1 Å². The highest BCUT2D eigenvalue weighted by Gasteiger charge is 2.25. The highest BCUT2D eigenvalue weighted by atomic mass is 16.3. The van der Waals surface area contributed by atoms with Crippen molar-refractivity contribution in [2.24, 2.45) is 5.92 Å². The van der Waals surface area contributed by atoms with Crippen molar-refractivity contribution in [1.82, 2.24) is 15.5 Å². The molecule has 32 heavy (non-hydrogen) atoms. The zero-order chi connectivity index (χ0) is 25.7. The number of hydrogen-bond donors (Lipinski definition) is 4. The summed E-state index contributed by atoms with van der Waals surface area (Å²) in [5.74, 6) is -0.623. The summed E-state index contributed by atoms with van der Waals surface area (Å²) in [7, 11) is 0. The Morgan fingerprint density at radius 2 is 1.50 bits per heavy atom. The third-order valence-corrected chi connectivity index (χ3v) is 3.59. The number of aliphatic hydroxyl groups excluding tert-OH is 2. The second kappa shape index (κ2) is 20.6. The van der Waals surface area contributed by atoms with E-state index in [9.17, 15) is 19.2 Å². The molecule has 0 aliphatic carbocycles. The zero-order valence-electron chi connectivity index (χ0n) is 21.2. The maximum Gasteiger partial charge on any atom is 0.253 e. The topological polar surface area (TPSA) is 136 Å². The first kappa shape index (κ1) is 34.4. The van der Waals surface area contributed by atoms with Crippen molar-refractivity contribution in [3.63, 3.8) is 0 Å². The number of imide groups is 1. The van der Waals surface area contributed by atoms with Crippen LogP contribution in [0.25, 0.3) is 0 Å². The minimum absolute atomic E-state index is 0.0303. The summed E-state index contributed by atoms with van der Waals surface area (Å²) >= 11 is 0. The SMILES string of the molecule is CC.CC.CC(C)(CO)NC(=O)CCN1C(=O)C=CC1=O.CC(C)CC(=O)NCCCO. The fourth-order valence-corrected chi connectivity index (χ4v) is 2.09. The fraction of sp³-hybridized carbons (Fsp3) is 0.739. The zero-order valence-corrected chi connectivity index (χ0v) is 21.2. The normalized spacial score (nSPS) is 12.2. The van der Waals surface area contributed by atoms with Crippen LogP contribution in [-0.4, -0.2) is 70.6 Å². The number of hydrogen-bond acceptors (Lipinski definition) is 6. The van der Waals surface area contributed by atoms with Crippen molar-refractivity contribution in [3.8, 4) is 0 Å².